The zero-order valence-electron chi connectivity index (χ0n) is 12.7. The summed E-state index contributed by atoms with van der Waals surface area (Å²) in [5, 5.41) is 4.17. The highest BCUT2D eigenvalue weighted by atomic mass is 35.5. The molecule has 1 aromatic rings. The van der Waals surface area contributed by atoms with Crippen molar-refractivity contribution in [3.05, 3.63) is 22.8 Å². The molecule has 2 rings (SSSR count). The van der Waals surface area contributed by atoms with Gasteiger partial charge in [0, 0.05) is 25.8 Å². The second kappa shape index (κ2) is 7.84. The Hall–Kier alpha value is -0.800. The van der Waals surface area contributed by atoms with E-state index in [1.165, 1.54) is 19.3 Å². The van der Waals surface area contributed by atoms with Crippen LogP contribution in [0.2, 0.25) is 5.02 Å². The van der Waals surface area contributed by atoms with Gasteiger partial charge in [-0.15, -0.1) is 0 Å². The molecule has 1 N–H and O–H groups in total. The van der Waals surface area contributed by atoms with Crippen LogP contribution in [-0.4, -0.2) is 24.6 Å². The van der Waals surface area contributed by atoms with Gasteiger partial charge < -0.3 is 10.2 Å². The van der Waals surface area contributed by atoms with Crippen molar-refractivity contribution in [1.29, 1.82) is 0 Å². The van der Waals surface area contributed by atoms with Crippen molar-refractivity contribution in [1.82, 2.24) is 10.3 Å². The SMILES string of the molecule is CCCNCc1cnc(N2CCCC(CC)C2)c(Cl)c1. The first-order valence-electron chi connectivity index (χ1n) is 7.84. The van der Waals surface area contributed by atoms with Crippen molar-refractivity contribution in [2.75, 3.05) is 24.5 Å². The molecule has 1 aliphatic heterocycles. The molecule has 1 unspecified atom stereocenters. The third-order valence-electron chi connectivity index (χ3n) is 4.03. The molecule has 1 fully saturated rings. The zero-order valence-corrected chi connectivity index (χ0v) is 13.4. The van der Waals surface area contributed by atoms with E-state index in [0.717, 1.165) is 54.9 Å². The maximum atomic E-state index is 6.43. The number of nitrogens with zero attached hydrogens (tertiary/aromatic N) is 2. The van der Waals surface area contributed by atoms with E-state index in [4.69, 9.17) is 11.6 Å². The van der Waals surface area contributed by atoms with Gasteiger partial charge in [0.2, 0.25) is 0 Å². The van der Waals surface area contributed by atoms with E-state index in [2.05, 4.69) is 35.1 Å². The van der Waals surface area contributed by atoms with Gasteiger partial charge in [0.05, 0.1) is 5.02 Å². The maximum absolute atomic E-state index is 6.43. The molecule has 0 radical (unpaired) electrons. The summed E-state index contributed by atoms with van der Waals surface area (Å²) in [6.07, 6.45) is 6.93. The molecule has 1 aromatic heterocycles. The molecular formula is C16H26ClN3. The van der Waals surface area contributed by atoms with Gasteiger partial charge in [0.15, 0.2) is 0 Å². The molecule has 1 atom stereocenters. The quantitative estimate of drug-likeness (QED) is 0.808. The Labute approximate surface area is 127 Å². The fourth-order valence-corrected chi connectivity index (χ4v) is 3.11. The van der Waals surface area contributed by atoms with Crippen LogP contribution in [0.15, 0.2) is 12.3 Å². The molecular weight excluding hydrogens is 270 g/mol. The second-order valence-corrected chi connectivity index (χ2v) is 6.10. The summed E-state index contributed by atoms with van der Waals surface area (Å²) in [7, 11) is 0. The molecule has 0 amide bonds. The van der Waals surface area contributed by atoms with Gasteiger partial charge in [-0.3, -0.25) is 0 Å². The molecule has 112 valence electrons. The van der Waals surface area contributed by atoms with Crippen molar-refractivity contribution in [2.45, 2.75) is 46.1 Å². The van der Waals surface area contributed by atoms with Gasteiger partial charge in [-0.1, -0.05) is 31.9 Å². The fourth-order valence-electron chi connectivity index (χ4n) is 2.80. The first kappa shape index (κ1) is 15.6. The van der Waals surface area contributed by atoms with Gasteiger partial charge in [0.1, 0.15) is 5.82 Å². The molecule has 20 heavy (non-hydrogen) atoms. The van der Waals surface area contributed by atoms with E-state index in [0.29, 0.717) is 0 Å². The highest BCUT2D eigenvalue weighted by molar-refractivity contribution is 6.33. The lowest BCUT2D eigenvalue weighted by Crippen LogP contribution is -2.35. The van der Waals surface area contributed by atoms with Crippen LogP contribution in [-0.2, 0) is 6.54 Å². The smallest absolute Gasteiger partial charge is 0.147 e. The lowest BCUT2D eigenvalue weighted by Gasteiger charge is -2.33. The number of nitrogens with one attached hydrogen (secondary N) is 1. The molecule has 2 heterocycles. The molecule has 1 aliphatic rings. The van der Waals surface area contributed by atoms with E-state index >= 15 is 0 Å². The van der Waals surface area contributed by atoms with E-state index in [1.54, 1.807) is 0 Å². The monoisotopic (exact) mass is 295 g/mol. The van der Waals surface area contributed by atoms with Crippen LogP contribution in [0.1, 0.15) is 45.1 Å². The topological polar surface area (TPSA) is 28.2 Å². The number of anilines is 1. The second-order valence-electron chi connectivity index (χ2n) is 5.69. The highest BCUT2D eigenvalue weighted by Crippen LogP contribution is 2.29. The predicted molar refractivity (Wildman–Crippen MR) is 86.5 cm³/mol. The largest absolute Gasteiger partial charge is 0.355 e. The number of rotatable bonds is 6. The summed E-state index contributed by atoms with van der Waals surface area (Å²) in [5.74, 6) is 1.75. The van der Waals surface area contributed by atoms with E-state index in [1.807, 2.05) is 6.20 Å². The number of halogens is 1. The van der Waals surface area contributed by atoms with Crippen LogP contribution in [0.25, 0.3) is 0 Å². The first-order chi connectivity index (χ1) is 9.74. The fraction of sp³-hybridized carbons (Fsp3) is 0.688. The van der Waals surface area contributed by atoms with Gasteiger partial charge >= 0.3 is 0 Å². The van der Waals surface area contributed by atoms with Crippen molar-refractivity contribution in [2.24, 2.45) is 5.92 Å². The Kier molecular flexibility index (Phi) is 6.11. The predicted octanol–water partition coefficient (Wildman–Crippen LogP) is 3.86. The number of aromatic nitrogens is 1. The molecule has 1 saturated heterocycles. The van der Waals surface area contributed by atoms with Crippen molar-refractivity contribution >= 4 is 17.4 Å². The average molecular weight is 296 g/mol. The molecule has 0 saturated carbocycles. The van der Waals surface area contributed by atoms with Crippen LogP contribution >= 0.6 is 11.6 Å². The lowest BCUT2D eigenvalue weighted by atomic mass is 9.96. The van der Waals surface area contributed by atoms with Crippen LogP contribution < -0.4 is 10.2 Å². The van der Waals surface area contributed by atoms with E-state index in [-0.39, 0.29) is 0 Å². The van der Waals surface area contributed by atoms with Gasteiger partial charge in [0.25, 0.3) is 0 Å². The molecule has 0 aliphatic carbocycles. The Morgan fingerprint density at radius 3 is 3.00 bits per heavy atom. The molecule has 4 heteroatoms. The summed E-state index contributed by atoms with van der Waals surface area (Å²) in [4.78, 5) is 6.95. The summed E-state index contributed by atoms with van der Waals surface area (Å²) >= 11 is 6.43. The Morgan fingerprint density at radius 1 is 1.45 bits per heavy atom. The Balaban J connectivity index is 2.01. The number of pyridine rings is 1. The van der Waals surface area contributed by atoms with Gasteiger partial charge in [-0.2, -0.15) is 0 Å². The molecule has 0 spiro atoms. The summed E-state index contributed by atoms with van der Waals surface area (Å²) in [6, 6.07) is 2.06. The third kappa shape index (κ3) is 4.10. The maximum Gasteiger partial charge on any atom is 0.147 e. The highest BCUT2D eigenvalue weighted by Gasteiger charge is 2.21. The average Bonchev–Trinajstić information content (AvgIpc) is 2.48. The van der Waals surface area contributed by atoms with Crippen LogP contribution in [0, 0.1) is 5.92 Å². The summed E-state index contributed by atoms with van der Waals surface area (Å²) in [5.41, 5.74) is 1.16. The first-order valence-corrected chi connectivity index (χ1v) is 8.22. The van der Waals surface area contributed by atoms with E-state index < -0.39 is 0 Å². The molecule has 3 nitrogen and oxygen atoms in total. The van der Waals surface area contributed by atoms with Crippen LogP contribution in [0.5, 0.6) is 0 Å². The van der Waals surface area contributed by atoms with Crippen molar-refractivity contribution in [3.63, 3.8) is 0 Å². The van der Waals surface area contributed by atoms with Crippen LogP contribution in [0.3, 0.4) is 0 Å². The molecule has 0 bridgehead atoms. The lowest BCUT2D eigenvalue weighted by molar-refractivity contribution is 0.403. The summed E-state index contributed by atoms with van der Waals surface area (Å²) < 4.78 is 0. The Morgan fingerprint density at radius 2 is 2.30 bits per heavy atom. The normalized spacial score (nSPS) is 19.4. The minimum Gasteiger partial charge on any atom is -0.355 e. The number of hydrogen-bond acceptors (Lipinski definition) is 3. The Bertz CT molecular complexity index is 422. The van der Waals surface area contributed by atoms with Gasteiger partial charge in [-0.05, 0) is 43.4 Å². The molecule has 0 aromatic carbocycles. The zero-order chi connectivity index (χ0) is 14.4. The van der Waals surface area contributed by atoms with Crippen molar-refractivity contribution < 1.29 is 0 Å². The number of piperidine rings is 1. The van der Waals surface area contributed by atoms with Crippen molar-refractivity contribution in [3.8, 4) is 0 Å². The third-order valence-corrected chi connectivity index (χ3v) is 4.31. The minimum atomic E-state index is 0.785. The van der Waals surface area contributed by atoms with E-state index in [9.17, 15) is 0 Å². The number of hydrogen-bond donors (Lipinski definition) is 1. The standard InChI is InChI=1S/C16H26ClN3/c1-3-7-18-10-14-9-15(17)16(19-11-14)20-8-5-6-13(4-2)12-20/h9,11,13,18H,3-8,10,12H2,1-2H3. The minimum absolute atomic E-state index is 0.785. The van der Waals surface area contributed by atoms with Crippen LogP contribution in [0.4, 0.5) is 5.82 Å². The summed E-state index contributed by atoms with van der Waals surface area (Å²) in [6.45, 7) is 8.49. The van der Waals surface area contributed by atoms with Gasteiger partial charge in [-0.25, -0.2) is 4.98 Å².